The molecule has 0 aliphatic heterocycles. The van der Waals surface area contributed by atoms with Crippen LogP contribution in [0.25, 0.3) is 0 Å². The van der Waals surface area contributed by atoms with Gasteiger partial charge in [-0.1, -0.05) is 19.1 Å². The zero-order chi connectivity index (χ0) is 15.1. The van der Waals surface area contributed by atoms with Crippen LogP contribution < -0.4 is 10.2 Å². The Hall–Kier alpha value is -2.10. The topological polar surface area (TPSA) is 28.2 Å². The monoisotopic (exact) mass is 287 g/mol. The largest absolute Gasteiger partial charge is 0.370 e. The highest BCUT2D eigenvalue weighted by molar-refractivity contribution is 5.47. The normalized spacial score (nSPS) is 10.4. The number of benzene rings is 1. The Bertz CT molecular complexity index is 571. The molecular formula is C17H22FN3. The number of nitrogens with zero attached hydrogens (tertiary/aromatic N) is 2. The fraction of sp³-hybridized carbons (Fsp3) is 0.353. The molecule has 21 heavy (non-hydrogen) atoms. The Kier molecular flexibility index (Phi) is 5.55. The van der Waals surface area contributed by atoms with Gasteiger partial charge in [-0.25, -0.2) is 9.37 Å². The van der Waals surface area contributed by atoms with Gasteiger partial charge in [0.05, 0.1) is 12.2 Å². The summed E-state index contributed by atoms with van der Waals surface area (Å²) >= 11 is 0. The Morgan fingerprint density at radius 2 is 1.95 bits per heavy atom. The molecule has 112 valence electrons. The van der Waals surface area contributed by atoms with E-state index >= 15 is 0 Å². The Balaban J connectivity index is 2.11. The van der Waals surface area contributed by atoms with E-state index in [0.29, 0.717) is 6.54 Å². The minimum absolute atomic E-state index is 0.211. The summed E-state index contributed by atoms with van der Waals surface area (Å²) < 4.78 is 13.4. The molecule has 0 saturated heterocycles. The van der Waals surface area contributed by atoms with Crippen molar-refractivity contribution in [3.63, 3.8) is 0 Å². The second-order valence-electron chi connectivity index (χ2n) is 4.93. The van der Waals surface area contributed by atoms with Crippen molar-refractivity contribution < 1.29 is 4.39 Å². The van der Waals surface area contributed by atoms with Crippen LogP contribution in [0.2, 0.25) is 0 Å². The molecule has 1 N–H and O–H groups in total. The van der Waals surface area contributed by atoms with E-state index in [1.165, 1.54) is 6.07 Å². The summed E-state index contributed by atoms with van der Waals surface area (Å²) in [4.78, 5) is 6.71. The van der Waals surface area contributed by atoms with Gasteiger partial charge in [0.2, 0.25) is 0 Å². The third-order valence-corrected chi connectivity index (χ3v) is 3.27. The lowest BCUT2D eigenvalue weighted by Crippen LogP contribution is -2.22. The standard InChI is InChI=1S/C17H22FN3/c1-3-11-19-17-10-6-8-15(20-17)13-21(4-2)16-9-5-7-14(18)12-16/h5-10,12H,3-4,11,13H2,1-2H3,(H,19,20). The van der Waals surface area contributed by atoms with Crippen LogP contribution in [0.3, 0.4) is 0 Å². The van der Waals surface area contributed by atoms with Gasteiger partial charge in [0.1, 0.15) is 11.6 Å². The maximum atomic E-state index is 13.4. The quantitative estimate of drug-likeness (QED) is 0.832. The molecule has 0 fully saturated rings. The summed E-state index contributed by atoms with van der Waals surface area (Å²) in [7, 11) is 0. The molecule has 0 radical (unpaired) electrons. The van der Waals surface area contributed by atoms with Crippen molar-refractivity contribution in [2.24, 2.45) is 0 Å². The molecule has 1 aromatic heterocycles. The van der Waals surface area contributed by atoms with Gasteiger partial charge in [0.25, 0.3) is 0 Å². The van der Waals surface area contributed by atoms with E-state index in [2.05, 4.69) is 29.0 Å². The van der Waals surface area contributed by atoms with Gasteiger partial charge >= 0.3 is 0 Å². The molecule has 0 amide bonds. The van der Waals surface area contributed by atoms with E-state index in [1.807, 2.05) is 24.3 Å². The Morgan fingerprint density at radius 3 is 2.67 bits per heavy atom. The first-order valence-electron chi connectivity index (χ1n) is 7.43. The van der Waals surface area contributed by atoms with E-state index < -0.39 is 0 Å². The number of halogens is 1. The molecule has 0 saturated carbocycles. The summed E-state index contributed by atoms with van der Waals surface area (Å²) in [5.41, 5.74) is 1.86. The van der Waals surface area contributed by atoms with Crippen LogP contribution in [0.4, 0.5) is 15.9 Å². The third kappa shape index (κ3) is 4.45. The summed E-state index contributed by atoms with van der Waals surface area (Å²) in [5, 5.41) is 3.29. The van der Waals surface area contributed by atoms with Crippen molar-refractivity contribution in [2.75, 3.05) is 23.3 Å². The van der Waals surface area contributed by atoms with Crippen molar-refractivity contribution in [3.8, 4) is 0 Å². The lowest BCUT2D eigenvalue weighted by molar-refractivity contribution is 0.626. The molecular weight excluding hydrogens is 265 g/mol. The van der Waals surface area contributed by atoms with Crippen molar-refractivity contribution in [3.05, 3.63) is 54.0 Å². The van der Waals surface area contributed by atoms with Gasteiger partial charge in [-0.2, -0.15) is 0 Å². The molecule has 0 spiro atoms. The van der Waals surface area contributed by atoms with Gasteiger partial charge < -0.3 is 10.2 Å². The second kappa shape index (κ2) is 7.62. The highest BCUT2D eigenvalue weighted by Crippen LogP contribution is 2.18. The molecule has 2 rings (SSSR count). The average molecular weight is 287 g/mol. The fourth-order valence-corrected chi connectivity index (χ4v) is 2.17. The number of pyridine rings is 1. The molecule has 0 aliphatic carbocycles. The fourth-order valence-electron chi connectivity index (χ4n) is 2.17. The van der Waals surface area contributed by atoms with E-state index in [9.17, 15) is 4.39 Å². The summed E-state index contributed by atoms with van der Waals surface area (Å²) in [6.07, 6.45) is 1.07. The molecule has 0 atom stereocenters. The zero-order valence-electron chi connectivity index (χ0n) is 12.6. The predicted molar refractivity (Wildman–Crippen MR) is 86.1 cm³/mol. The van der Waals surface area contributed by atoms with Crippen LogP contribution in [0, 0.1) is 5.82 Å². The molecule has 1 heterocycles. The van der Waals surface area contributed by atoms with Crippen LogP contribution >= 0.6 is 0 Å². The molecule has 0 aliphatic rings. The molecule has 1 aromatic carbocycles. The van der Waals surface area contributed by atoms with E-state index in [0.717, 1.165) is 36.7 Å². The van der Waals surface area contributed by atoms with Crippen LogP contribution in [0.5, 0.6) is 0 Å². The smallest absolute Gasteiger partial charge is 0.126 e. The van der Waals surface area contributed by atoms with Gasteiger partial charge in [0.15, 0.2) is 0 Å². The number of nitrogens with one attached hydrogen (secondary N) is 1. The maximum absolute atomic E-state index is 13.4. The van der Waals surface area contributed by atoms with Crippen LogP contribution in [0.1, 0.15) is 26.0 Å². The summed E-state index contributed by atoms with van der Waals surface area (Å²) in [6, 6.07) is 12.6. The Labute approximate surface area is 125 Å². The van der Waals surface area contributed by atoms with Crippen molar-refractivity contribution >= 4 is 11.5 Å². The SMILES string of the molecule is CCCNc1cccc(CN(CC)c2cccc(F)c2)n1. The highest BCUT2D eigenvalue weighted by atomic mass is 19.1. The minimum atomic E-state index is -0.211. The Morgan fingerprint density at radius 1 is 1.14 bits per heavy atom. The first kappa shape index (κ1) is 15.3. The number of aromatic nitrogens is 1. The van der Waals surface area contributed by atoms with Gasteiger partial charge in [-0.15, -0.1) is 0 Å². The number of anilines is 2. The summed E-state index contributed by atoms with van der Waals surface area (Å²) in [6.45, 7) is 6.57. The van der Waals surface area contributed by atoms with E-state index in [1.54, 1.807) is 12.1 Å². The lowest BCUT2D eigenvalue weighted by atomic mass is 10.2. The lowest BCUT2D eigenvalue weighted by Gasteiger charge is -2.23. The van der Waals surface area contributed by atoms with Gasteiger partial charge in [0, 0.05) is 18.8 Å². The first-order valence-corrected chi connectivity index (χ1v) is 7.43. The number of hydrogen-bond acceptors (Lipinski definition) is 3. The molecule has 4 heteroatoms. The van der Waals surface area contributed by atoms with Gasteiger partial charge in [-0.3, -0.25) is 0 Å². The maximum Gasteiger partial charge on any atom is 0.126 e. The zero-order valence-corrected chi connectivity index (χ0v) is 12.6. The van der Waals surface area contributed by atoms with Crippen molar-refractivity contribution in [2.45, 2.75) is 26.8 Å². The van der Waals surface area contributed by atoms with Crippen LogP contribution in [0.15, 0.2) is 42.5 Å². The average Bonchev–Trinajstić information content (AvgIpc) is 2.51. The van der Waals surface area contributed by atoms with E-state index in [4.69, 9.17) is 0 Å². The molecule has 2 aromatic rings. The summed E-state index contributed by atoms with van der Waals surface area (Å²) in [5.74, 6) is 0.682. The van der Waals surface area contributed by atoms with E-state index in [-0.39, 0.29) is 5.82 Å². The molecule has 3 nitrogen and oxygen atoms in total. The first-order chi connectivity index (χ1) is 10.2. The molecule has 0 bridgehead atoms. The van der Waals surface area contributed by atoms with Crippen molar-refractivity contribution in [1.29, 1.82) is 0 Å². The third-order valence-electron chi connectivity index (χ3n) is 3.27. The predicted octanol–water partition coefficient (Wildman–Crippen LogP) is 4.07. The highest BCUT2D eigenvalue weighted by Gasteiger charge is 2.07. The van der Waals surface area contributed by atoms with Crippen LogP contribution in [-0.4, -0.2) is 18.1 Å². The van der Waals surface area contributed by atoms with Crippen molar-refractivity contribution in [1.82, 2.24) is 4.98 Å². The van der Waals surface area contributed by atoms with Crippen LogP contribution in [-0.2, 0) is 6.54 Å². The number of rotatable bonds is 7. The minimum Gasteiger partial charge on any atom is -0.370 e. The molecule has 0 unspecified atom stereocenters. The second-order valence-corrected chi connectivity index (χ2v) is 4.93. The number of hydrogen-bond donors (Lipinski definition) is 1. The van der Waals surface area contributed by atoms with Gasteiger partial charge in [-0.05, 0) is 43.7 Å².